The first-order valence-corrected chi connectivity index (χ1v) is 7.91. The van der Waals surface area contributed by atoms with Crippen molar-refractivity contribution in [1.29, 1.82) is 0 Å². The Labute approximate surface area is 123 Å². The number of amides is 1. The average molecular weight is 304 g/mol. The van der Waals surface area contributed by atoms with Crippen LogP contribution in [0.15, 0.2) is 59.5 Å². The maximum atomic E-state index is 12.0. The third-order valence-corrected chi connectivity index (χ3v) is 4.31. The van der Waals surface area contributed by atoms with Crippen molar-refractivity contribution < 1.29 is 13.2 Å². The number of carbonyl (C=O) groups excluding carboxylic acids is 1. The maximum absolute atomic E-state index is 12.0. The minimum atomic E-state index is -3.84. The Morgan fingerprint density at radius 3 is 2.24 bits per heavy atom. The summed E-state index contributed by atoms with van der Waals surface area (Å²) in [5, 5.41) is 0. The predicted octanol–water partition coefficient (Wildman–Crippen LogP) is 1.71. The van der Waals surface area contributed by atoms with Gasteiger partial charge in [0.2, 0.25) is 5.91 Å². The van der Waals surface area contributed by atoms with Gasteiger partial charge in [-0.25, -0.2) is 13.1 Å². The van der Waals surface area contributed by atoms with E-state index in [1.807, 2.05) is 30.3 Å². The summed E-state index contributed by atoms with van der Waals surface area (Å²) in [7, 11) is -3.84. The monoisotopic (exact) mass is 304 g/mol. The van der Waals surface area contributed by atoms with Crippen molar-refractivity contribution in [3.8, 4) is 0 Å². The van der Waals surface area contributed by atoms with E-state index in [-0.39, 0.29) is 11.3 Å². The molecule has 0 atom stereocenters. The fourth-order valence-electron chi connectivity index (χ4n) is 1.81. The third-order valence-electron chi connectivity index (χ3n) is 2.92. The molecule has 0 saturated carbocycles. The van der Waals surface area contributed by atoms with Gasteiger partial charge in [-0.1, -0.05) is 30.3 Å². The van der Waals surface area contributed by atoms with Gasteiger partial charge in [0.1, 0.15) is 0 Å². The van der Waals surface area contributed by atoms with Crippen LogP contribution < -0.4 is 10.5 Å². The van der Waals surface area contributed by atoms with Crippen LogP contribution >= 0.6 is 0 Å². The van der Waals surface area contributed by atoms with E-state index in [1.54, 1.807) is 0 Å². The molecule has 1 amide bonds. The Morgan fingerprint density at radius 2 is 1.62 bits per heavy atom. The molecule has 0 aromatic heterocycles. The van der Waals surface area contributed by atoms with Crippen molar-refractivity contribution in [3.05, 3.63) is 60.2 Å². The number of carbonyl (C=O) groups is 1. The van der Waals surface area contributed by atoms with Gasteiger partial charge >= 0.3 is 0 Å². The fraction of sp³-hybridized carbons (Fsp3) is 0.133. The maximum Gasteiger partial charge on any atom is 0.264 e. The molecule has 21 heavy (non-hydrogen) atoms. The van der Waals surface area contributed by atoms with Gasteiger partial charge in [0.15, 0.2) is 0 Å². The molecule has 2 aromatic rings. The van der Waals surface area contributed by atoms with Crippen LogP contribution in [0.1, 0.15) is 12.0 Å². The van der Waals surface area contributed by atoms with Crippen LogP contribution in [0.5, 0.6) is 0 Å². The van der Waals surface area contributed by atoms with E-state index in [0.29, 0.717) is 12.1 Å². The highest BCUT2D eigenvalue weighted by atomic mass is 32.2. The molecule has 0 saturated heterocycles. The first kappa shape index (κ1) is 15.1. The first-order chi connectivity index (χ1) is 9.97. The van der Waals surface area contributed by atoms with Gasteiger partial charge in [0, 0.05) is 12.1 Å². The molecular weight excluding hydrogens is 288 g/mol. The number of hydrogen-bond donors (Lipinski definition) is 2. The number of aryl methyl sites for hydroxylation is 1. The number of nitrogens with two attached hydrogens (primary N) is 1. The van der Waals surface area contributed by atoms with E-state index in [1.165, 1.54) is 24.3 Å². The Kier molecular flexibility index (Phi) is 4.59. The van der Waals surface area contributed by atoms with Gasteiger partial charge in [0.25, 0.3) is 10.0 Å². The van der Waals surface area contributed by atoms with Gasteiger partial charge in [-0.3, -0.25) is 4.79 Å². The van der Waals surface area contributed by atoms with Gasteiger partial charge in [-0.05, 0) is 36.2 Å². The molecule has 0 unspecified atom stereocenters. The lowest BCUT2D eigenvalue weighted by Crippen LogP contribution is -2.30. The quantitative estimate of drug-likeness (QED) is 0.823. The van der Waals surface area contributed by atoms with Crippen LogP contribution in [-0.2, 0) is 21.2 Å². The highest BCUT2D eigenvalue weighted by molar-refractivity contribution is 7.90. The zero-order valence-electron chi connectivity index (χ0n) is 11.3. The van der Waals surface area contributed by atoms with E-state index in [4.69, 9.17) is 5.73 Å². The summed E-state index contributed by atoms with van der Waals surface area (Å²) in [5.74, 6) is -0.532. The van der Waals surface area contributed by atoms with E-state index >= 15 is 0 Å². The second-order valence-corrected chi connectivity index (χ2v) is 6.27. The van der Waals surface area contributed by atoms with Crippen molar-refractivity contribution in [2.75, 3.05) is 5.73 Å². The number of hydrogen-bond acceptors (Lipinski definition) is 4. The second kappa shape index (κ2) is 6.41. The second-order valence-electron chi connectivity index (χ2n) is 4.58. The van der Waals surface area contributed by atoms with Crippen LogP contribution in [0.25, 0.3) is 0 Å². The summed E-state index contributed by atoms with van der Waals surface area (Å²) < 4.78 is 26.0. The Morgan fingerprint density at radius 1 is 1.00 bits per heavy atom. The van der Waals surface area contributed by atoms with E-state index < -0.39 is 15.9 Å². The SMILES string of the molecule is Nc1ccc(S(=O)(=O)NC(=O)CCc2ccccc2)cc1. The minimum absolute atomic E-state index is 0.0183. The van der Waals surface area contributed by atoms with Crippen molar-refractivity contribution in [3.63, 3.8) is 0 Å². The van der Waals surface area contributed by atoms with Crippen LogP contribution in [0.4, 0.5) is 5.69 Å². The molecule has 0 spiro atoms. The average Bonchev–Trinajstić information content (AvgIpc) is 2.46. The van der Waals surface area contributed by atoms with Gasteiger partial charge in [0.05, 0.1) is 4.90 Å². The summed E-state index contributed by atoms with van der Waals surface area (Å²) in [4.78, 5) is 11.8. The molecule has 2 rings (SSSR count). The smallest absolute Gasteiger partial charge is 0.264 e. The molecule has 3 N–H and O–H groups in total. The molecule has 0 radical (unpaired) electrons. The third kappa shape index (κ3) is 4.32. The number of rotatable bonds is 5. The number of nitrogens with one attached hydrogen (secondary N) is 1. The summed E-state index contributed by atoms with van der Waals surface area (Å²) in [6.45, 7) is 0. The van der Waals surface area contributed by atoms with Crippen LogP contribution in [-0.4, -0.2) is 14.3 Å². The fourth-order valence-corrected chi connectivity index (χ4v) is 2.82. The summed E-state index contributed by atoms with van der Waals surface area (Å²) in [6, 6.07) is 15.1. The van der Waals surface area contributed by atoms with E-state index in [0.717, 1.165) is 5.56 Å². The van der Waals surface area contributed by atoms with E-state index in [2.05, 4.69) is 4.72 Å². The van der Waals surface area contributed by atoms with Crippen molar-refractivity contribution in [2.45, 2.75) is 17.7 Å². The van der Waals surface area contributed by atoms with Crippen LogP contribution in [0, 0.1) is 0 Å². The topological polar surface area (TPSA) is 89.3 Å². The van der Waals surface area contributed by atoms with Crippen molar-refractivity contribution in [1.82, 2.24) is 4.72 Å². The number of nitrogen functional groups attached to an aromatic ring is 1. The van der Waals surface area contributed by atoms with Crippen LogP contribution in [0.3, 0.4) is 0 Å². The molecular formula is C15H16N2O3S. The normalized spacial score (nSPS) is 11.0. The largest absolute Gasteiger partial charge is 0.399 e. The zero-order chi connectivity index (χ0) is 15.3. The minimum Gasteiger partial charge on any atom is -0.399 e. The molecule has 0 bridgehead atoms. The lowest BCUT2D eigenvalue weighted by molar-refractivity contribution is -0.119. The molecule has 2 aromatic carbocycles. The molecule has 110 valence electrons. The summed E-state index contributed by atoms with van der Waals surface area (Å²) >= 11 is 0. The Hall–Kier alpha value is -2.34. The van der Waals surface area contributed by atoms with Gasteiger partial charge in [-0.2, -0.15) is 0 Å². The molecule has 0 aliphatic heterocycles. The molecule has 0 aliphatic carbocycles. The lowest BCUT2D eigenvalue weighted by atomic mass is 10.1. The number of anilines is 1. The molecule has 0 aliphatic rings. The van der Waals surface area contributed by atoms with Crippen molar-refractivity contribution in [2.24, 2.45) is 0 Å². The highest BCUT2D eigenvalue weighted by Gasteiger charge is 2.17. The molecule has 5 nitrogen and oxygen atoms in total. The lowest BCUT2D eigenvalue weighted by Gasteiger charge is -2.07. The molecule has 0 heterocycles. The highest BCUT2D eigenvalue weighted by Crippen LogP contribution is 2.11. The predicted molar refractivity (Wildman–Crippen MR) is 80.9 cm³/mol. The summed E-state index contributed by atoms with van der Waals surface area (Å²) in [6.07, 6.45) is 0.599. The van der Waals surface area contributed by atoms with E-state index in [9.17, 15) is 13.2 Å². The standard InChI is InChI=1S/C15H16N2O3S/c16-13-7-9-14(10-8-13)21(19,20)17-15(18)11-6-12-4-2-1-3-5-12/h1-5,7-10H,6,11,16H2,(H,17,18). The molecule has 6 heteroatoms. The Balaban J connectivity index is 1.97. The first-order valence-electron chi connectivity index (χ1n) is 6.42. The zero-order valence-corrected chi connectivity index (χ0v) is 12.1. The van der Waals surface area contributed by atoms with Gasteiger partial charge in [-0.15, -0.1) is 0 Å². The van der Waals surface area contributed by atoms with Gasteiger partial charge < -0.3 is 5.73 Å². The Bertz CT molecular complexity index is 710. The van der Waals surface area contributed by atoms with Crippen molar-refractivity contribution >= 4 is 21.6 Å². The number of sulfonamides is 1. The summed E-state index contributed by atoms with van der Waals surface area (Å²) in [5.41, 5.74) is 6.95. The number of benzene rings is 2. The molecule has 0 fully saturated rings. The van der Waals surface area contributed by atoms with Crippen LogP contribution in [0.2, 0.25) is 0 Å².